The lowest BCUT2D eigenvalue weighted by atomic mass is 9.92. The molecule has 0 aliphatic carbocycles. The number of hydrogen-bond acceptors (Lipinski definition) is 4. The summed E-state index contributed by atoms with van der Waals surface area (Å²) in [6.45, 7) is 15.4. The highest BCUT2D eigenvalue weighted by Crippen LogP contribution is 2.24. The molecule has 0 aromatic rings. The first-order chi connectivity index (χ1) is 11.9. The molecule has 6 nitrogen and oxygen atoms in total. The van der Waals surface area contributed by atoms with E-state index in [1.54, 1.807) is 0 Å². The number of likely N-dealkylation sites (tertiary alicyclic amines) is 2. The highest BCUT2D eigenvalue weighted by atomic mass is 16.5. The predicted octanol–water partition coefficient (Wildman–Crippen LogP) is 1.67. The molecule has 2 aliphatic heterocycles. The number of rotatable bonds is 5. The summed E-state index contributed by atoms with van der Waals surface area (Å²) in [6, 6.07) is 0. The summed E-state index contributed by atoms with van der Waals surface area (Å²) < 4.78 is 4.94. The monoisotopic (exact) mass is 352 g/mol. The molecule has 2 aliphatic rings. The van der Waals surface area contributed by atoms with Crippen LogP contribution in [-0.4, -0.2) is 74.7 Å². The Balaban J connectivity index is 1.91. The highest BCUT2D eigenvalue weighted by Gasteiger charge is 2.36. The van der Waals surface area contributed by atoms with Crippen LogP contribution in [0.1, 0.15) is 34.1 Å². The standard InChI is InChI=1S/C19H36N4O2/c1-6-20-19(23-12-16(4)17(13-23)18(24)25-5)21-7-8-22-10-14(2)9-15(3)11-22/h14-17H,6-13H2,1-5H3,(H,20,21). The molecule has 2 saturated heterocycles. The number of methoxy groups -OCH3 is 1. The van der Waals surface area contributed by atoms with E-state index < -0.39 is 0 Å². The number of esters is 1. The Labute approximate surface area is 153 Å². The molecule has 4 unspecified atom stereocenters. The van der Waals surface area contributed by atoms with Crippen molar-refractivity contribution in [1.82, 2.24) is 15.1 Å². The van der Waals surface area contributed by atoms with Crippen LogP contribution in [0.4, 0.5) is 0 Å². The molecular weight excluding hydrogens is 316 g/mol. The van der Waals surface area contributed by atoms with Crippen molar-refractivity contribution in [1.29, 1.82) is 0 Å². The van der Waals surface area contributed by atoms with Crippen molar-refractivity contribution in [3.8, 4) is 0 Å². The van der Waals surface area contributed by atoms with Crippen LogP contribution in [0.2, 0.25) is 0 Å². The van der Waals surface area contributed by atoms with Gasteiger partial charge in [0.2, 0.25) is 0 Å². The van der Waals surface area contributed by atoms with Crippen LogP contribution in [0, 0.1) is 23.7 Å². The van der Waals surface area contributed by atoms with Crippen molar-refractivity contribution >= 4 is 11.9 Å². The fourth-order valence-corrected chi connectivity index (χ4v) is 4.30. The summed E-state index contributed by atoms with van der Waals surface area (Å²) in [7, 11) is 1.47. The van der Waals surface area contributed by atoms with Gasteiger partial charge in [0.25, 0.3) is 0 Å². The predicted molar refractivity (Wildman–Crippen MR) is 102 cm³/mol. The minimum Gasteiger partial charge on any atom is -0.469 e. The van der Waals surface area contributed by atoms with Crippen molar-refractivity contribution < 1.29 is 9.53 Å². The first-order valence-electron chi connectivity index (χ1n) is 9.78. The second-order valence-corrected chi connectivity index (χ2v) is 7.95. The average molecular weight is 353 g/mol. The van der Waals surface area contributed by atoms with Crippen molar-refractivity contribution in [2.75, 3.05) is 52.9 Å². The van der Waals surface area contributed by atoms with Crippen LogP contribution in [0.5, 0.6) is 0 Å². The lowest BCUT2D eigenvalue weighted by molar-refractivity contribution is -0.145. The van der Waals surface area contributed by atoms with E-state index in [-0.39, 0.29) is 11.9 Å². The van der Waals surface area contributed by atoms with Crippen molar-refractivity contribution in [3.05, 3.63) is 0 Å². The van der Waals surface area contributed by atoms with E-state index in [1.807, 2.05) is 0 Å². The third-order valence-electron chi connectivity index (χ3n) is 5.37. The number of piperidine rings is 1. The number of nitrogens with zero attached hydrogens (tertiary/aromatic N) is 3. The van der Waals surface area contributed by atoms with Crippen LogP contribution >= 0.6 is 0 Å². The Morgan fingerprint density at radius 2 is 1.84 bits per heavy atom. The van der Waals surface area contributed by atoms with E-state index >= 15 is 0 Å². The Kier molecular flexibility index (Phi) is 7.54. The first-order valence-corrected chi connectivity index (χ1v) is 9.78. The van der Waals surface area contributed by atoms with Crippen LogP contribution in [0.15, 0.2) is 4.99 Å². The van der Waals surface area contributed by atoms with E-state index in [2.05, 4.69) is 42.8 Å². The molecule has 0 aromatic heterocycles. The molecule has 6 heteroatoms. The molecule has 0 saturated carbocycles. The normalized spacial score (nSPS) is 31.2. The molecule has 25 heavy (non-hydrogen) atoms. The van der Waals surface area contributed by atoms with Crippen molar-refractivity contribution in [2.24, 2.45) is 28.7 Å². The zero-order valence-corrected chi connectivity index (χ0v) is 16.6. The zero-order chi connectivity index (χ0) is 18.4. The third-order valence-corrected chi connectivity index (χ3v) is 5.37. The minimum absolute atomic E-state index is 0.0577. The Hall–Kier alpha value is -1.30. The molecule has 0 amide bonds. The van der Waals surface area contributed by atoms with Gasteiger partial charge in [-0.25, -0.2) is 0 Å². The number of ether oxygens (including phenoxy) is 1. The molecule has 0 bridgehead atoms. The molecule has 144 valence electrons. The van der Waals surface area contributed by atoms with Crippen LogP contribution < -0.4 is 5.32 Å². The summed E-state index contributed by atoms with van der Waals surface area (Å²) in [6.07, 6.45) is 1.34. The second kappa shape index (κ2) is 9.41. The summed E-state index contributed by atoms with van der Waals surface area (Å²) in [4.78, 5) is 21.5. The second-order valence-electron chi connectivity index (χ2n) is 7.95. The van der Waals surface area contributed by atoms with Gasteiger partial charge < -0.3 is 19.9 Å². The van der Waals surface area contributed by atoms with E-state index in [0.717, 1.165) is 44.0 Å². The van der Waals surface area contributed by atoms with Crippen molar-refractivity contribution in [2.45, 2.75) is 34.1 Å². The molecule has 0 radical (unpaired) electrons. The number of carbonyl (C=O) groups excluding carboxylic acids is 1. The third kappa shape index (κ3) is 5.59. The van der Waals surface area contributed by atoms with Gasteiger partial charge in [0, 0.05) is 39.3 Å². The minimum atomic E-state index is -0.109. The molecule has 1 N–H and O–H groups in total. The zero-order valence-electron chi connectivity index (χ0n) is 16.6. The Morgan fingerprint density at radius 3 is 2.44 bits per heavy atom. The molecule has 4 atom stereocenters. The van der Waals surface area contributed by atoms with Gasteiger partial charge in [0.1, 0.15) is 0 Å². The van der Waals surface area contributed by atoms with E-state index in [9.17, 15) is 4.79 Å². The molecular formula is C19H36N4O2. The number of nitrogens with one attached hydrogen (secondary N) is 1. The van der Waals surface area contributed by atoms with E-state index in [4.69, 9.17) is 9.73 Å². The van der Waals surface area contributed by atoms with E-state index in [1.165, 1.54) is 26.6 Å². The molecule has 2 rings (SSSR count). The highest BCUT2D eigenvalue weighted by molar-refractivity contribution is 5.82. The van der Waals surface area contributed by atoms with Gasteiger partial charge in [-0.1, -0.05) is 20.8 Å². The molecule has 2 fully saturated rings. The topological polar surface area (TPSA) is 57.2 Å². The fraction of sp³-hybridized carbons (Fsp3) is 0.895. The lowest BCUT2D eigenvalue weighted by Gasteiger charge is -2.34. The maximum atomic E-state index is 11.9. The Morgan fingerprint density at radius 1 is 1.16 bits per heavy atom. The fourth-order valence-electron chi connectivity index (χ4n) is 4.30. The summed E-state index contributed by atoms with van der Waals surface area (Å²) >= 11 is 0. The SMILES string of the molecule is CCNC(=NCCN1CC(C)CC(C)C1)N1CC(C)C(C(=O)OC)C1. The summed E-state index contributed by atoms with van der Waals surface area (Å²) in [5, 5.41) is 3.38. The number of aliphatic imine (C=N–C) groups is 1. The van der Waals surface area contributed by atoms with Gasteiger partial charge in [-0.2, -0.15) is 0 Å². The maximum absolute atomic E-state index is 11.9. The van der Waals surface area contributed by atoms with Gasteiger partial charge in [-0.15, -0.1) is 0 Å². The average Bonchev–Trinajstić information content (AvgIpc) is 2.94. The van der Waals surface area contributed by atoms with Crippen molar-refractivity contribution in [3.63, 3.8) is 0 Å². The summed E-state index contributed by atoms with van der Waals surface area (Å²) in [5.74, 6) is 2.61. The largest absolute Gasteiger partial charge is 0.469 e. The maximum Gasteiger partial charge on any atom is 0.310 e. The van der Waals surface area contributed by atoms with Crippen LogP contribution in [0.25, 0.3) is 0 Å². The molecule has 0 aromatic carbocycles. The van der Waals surface area contributed by atoms with Gasteiger partial charge in [-0.05, 0) is 31.1 Å². The number of carbonyl (C=O) groups is 1. The smallest absolute Gasteiger partial charge is 0.310 e. The molecule has 2 heterocycles. The molecule has 0 spiro atoms. The van der Waals surface area contributed by atoms with Gasteiger partial charge in [0.15, 0.2) is 5.96 Å². The quantitative estimate of drug-likeness (QED) is 0.463. The van der Waals surface area contributed by atoms with E-state index in [0.29, 0.717) is 12.5 Å². The first kappa shape index (κ1) is 20.0. The number of guanidine groups is 1. The number of hydrogen-bond donors (Lipinski definition) is 1. The van der Waals surface area contributed by atoms with Gasteiger partial charge in [0.05, 0.1) is 19.6 Å². The van der Waals surface area contributed by atoms with Crippen LogP contribution in [0.3, 0.4) is 0 Å². The Bertz CT molecular complexity index is 458. The lowest BCUT2D eigenvalue weighted by Crippen LogP contribution is -2.42. The van der Waals surface area contributed by atoms with Gasteiger partial charge >= 0.3 is 5.97 Å². The van der Waals surface area contributed by atoms with Gasteiger partial charge in [-0.3, -0.25) is 9.79 Å². The summed E-state index contributed by atoms with van der Waals surface area (Å²) in [5.41, 5.74) is 0. The van der Waals surface area contributed by atoms with Crippen LogP contribution in [-0.2, 0) is 9.53 Å².